The zero-order chi connectivity index (χ0) is 11.7. The molecule has 1 aromatic rings. The van der Waals surface area contributed by atoms with Crippen molar-refractivity contribution in [2.24, 2.45) is 5.16 Å². The Morgan fingerprint density at radius 1 is 1.44 bits per heavy atom. The molecule has 0 amide bonds. The molecule has 1 aliphatic rings. The Morgan fingerprint density at radius 2 is 2.19 bits per heavy atom. The Morgan fingerprint density at radius 3 is 2.75 bits per heavy atom. The molecule has 0 aromatic heterocycles. The molecule has 1 aromatic carbocycles. The van der Waals surface area contributed by atoms with E-state index in [1.165, 1.54) is 0 Å². The van der Waals surface area contributed by atoms with E-state index in [0.717, 1.165) is 14.5 Å². The fourth-order valence-electron chi connectivity index (χ4n) is 1.36. The van der Waals surface area contributed by atoms with Crippen molar-refractivity contribution in [3.8, 4) is 0 Å². The molecule has 1 atom stereocenters. The van der Waals surface area contributed by atoms with Gasteiger partial charge in [-0.15, -0.1) is 0 Å². The van der Waals surface area contributed by atoms with Crippen LogP contribution in [0.15, 0.2) is 32.3 Å². The third-order valence-corrected chi connectivity index (χ3v) is 4.08. The van der Waals surface area contributed by atoms with Crippen LogP contribution in [0.4, 0.5) is 0 Å². The maximum Gasteiger partial charge on any atom is 0.348 e. The third kappa shape index (κ3) is 2.27. The second-order valence-electron chi connectivity index (χ2n) is 3.30. The SMILES string of the molecule is O=C(O)C1CC(c2ccc(Br)c(Br)c2)=NO1. The highest BCUT2D eigenvalue weighted by atomic mass is 79.9. The zero-order valence-corrected chi connectivity index (χ0v) is 11.2. The molecule has 0 saturated heterocycles. The van der Waals surface area contributed by atoms with E-state index < -0.39 is 12.1 Å². The molecule has 0 radical (unpaired) electrons. The molecule has 0 spiro atoms. The van der Waals surface area contributed by atoms with Gasteiger partial charge in [0, 0.05) is 20.9 Å². The molecule has 1 aliphatic heterocycles. The van der Waals surface area contributed by atoms with Gasteiger partial charge in [-0.1, -0.05) is 11.2 Å². The van der Waals surface area contributed by atoms with Gasteiger partial charge in [0.2, 0.25) is 6.10 Å². The Hall–Kier alpha value is -0.880. The number of carbonyl (C=O) groups is 1. The summed E-state index contributed by atoms with van der Waals surface area (Å²) >= 11 is 6.74. The maximum absolute atomic E-state index is 10.7. The second-order valence-corrected chi connectivity index (χ2v) is 5.01. The quantitative estimate of drug-likeness (QED) is 0.894. The predicted octanol–water partition coefficient (Wildman–Crippen LogP) is 2.79. The molecule has 1 heterocycles. The van der Waals surface area contributed by atoms with Gasteiger partial charge in [0.15, 0.2) is 0 Å². The van der Waals surface area contributed by atoms with Gasteiger partial charge in [0.1, 0.15) is 0 Å². The molecule has 0 bridgehead atoms. The van der Waals surface area contributed by atoms with Crippen molar-refractivity contribution < 1.29 is 14.7 Å². The summed E-state index contributed by atoms with van der Waals surface area (Å²) in [5.41, 5.74) is 1.51. The van der Waals surface area contributed by atoms with Gasteiger partial charge < -0.3 is 9.94 Å². The van der Waals surface area contributed by atoms with Crippen molar-refractivity contribution in [1.82, 2.24) is 0 Å². The van der Waals surface area contributed by atoms with Crippen molar-refractivity contribution in [2.75, 3.05) is 0 Å². The lowest BCUT2D eigenvalue weighted by molar-refractivity contribution is -0.148. The van der Waals surface area contributed by atoms with E-state index in [9.17, 15) is 4.79 Å². The molecule has 1 N–H and O–H groups in total. The van der Waals surface area contributed by atoms with Crippen molar-refractivity contribution in [3.05, 3.63) is 32.7 Å². The minimum Gasteiger partial charge on any atom is -0.478 e. The number of carboxylic acids is 1. The highest BCUT2D eigenvalue weighted by Crippen LogP contribution is 2.26. The number of hydrogen-bond donors (Lipinski definition) is 1. The van der Waals surface area contributed by atoms with Crippen LogP contribution >= 0.6 is 31.9 Å². The lowest BCUT2D eigenvalue weighted by atomic mass is 10.1. The van der Waals surface area contributed by atoms with Gasteiger partial charge in [-0.05, 0) is 44.0 Å². The molecule has 16 heavy (non-hydrogen) atoms. The van der Waals surface area contributed by atoms with Gasteiger partial charge in [-0.2, -0.15) is 0 Å². The second kappa shape index (κ2) is 4.55. The van der Waals surface area contributed by atoms with Crippen LogP contribution in [0.3, 0.4) is 0 Å². The minimum absolute atomic E-state index is 0.295. The molecular formula is C10H7Br2NO3. The monoisotopic (exact) mass is 347 g/mol. The lowest BCUT2D eigenvalue weighted by Crippen LogP contribution is -2.19. The van der Waals surface area contributed by atoms with Crippen molar-refractivity contribution in [1.29, 1.82) is 0 Å². The number of carboxylic acid groups (broad SMARTS) is 1. The van der Waals surface area contributed by atoms with E-state index in [4.69, 9.17) is 9.94 Å². The normalized spacial score (nSPS) is 19.1. The largest absolute Gasteiger partial charge is 0.478 e. The minimum atomic E-state index is -0.991. The summed E-state index contributed by atoms with van der Waals surface area (Å²) in [7, 11) is 0. The average molecular weight is 349 g/mol. The Bertz CT molecular complexity index is 473. The molecular weight excluding hydrogens is 342 g/mol. The molecule has 0 fully saturated rings. The highest BCUT2D eigenvalue weighted by Gasteiger charge is 2.28. The first-order valence-electron chi connectivity index (χ1n) is 4.49. The molecule has 4 nitrogen and oxygen atoms in total. The van der Waals surface area contributed by atoms with Gasteiger partial charge in [0.05, 0.1) is 5.71 Å². The van der Waals surface area contributed by atoms with E-state index in [1.807, 2.05) is 18.2 Å². The summed E-state index contributed by atoms with van der Waals surface area (Å²) in [6.45, 7) is 0. The Kier molecular flexibility index (Phi) is 3.30. The first-order valence-corrected chi connectivity index (χ1v) is 6.07. The summed E-state index contributed by atoms with van der Waals surface area (Å²) < 4.78 is 1.83. The van der Waals surface area contributed by atoms with Crippen LogP contribution in [0.5, 0.6) is 0 Å². The van der Waals surface area contributed by atoms with E-state index in [2.05, 4.69) is 37.0 Å². The molecule has 0 saturated carbocycles. The van der Waals surface area contributed by atoms with Crippen LogP contribution in [-0.2, 0) is 9.63 Å². The topological polar surface area (TPSA) is 58.9 Å². The number of halogens is 2. The summed E-state index contributed by atoms with van der Waals surface area (Å²) in [4.78, 5) is 15.5. The molecule has 0 aliphatic carbocycles. The summed E-state index contributed by atoms with van der Waals surface area (Å²) in [5, 5.41) is 12.5. The Labute approximate surface area is 109 Å². The predicted molar refractivity (Wildman–Crippen MR) is 65.5 cm³/mol. The Balaban J connectivity index is 2.21. The van der Waals surface area contributed by atoms with Crippen LogP contribution in [0.2, 0.25) is 0 Å². The lowest BCUT2D eigenvalue weighted by Gasteiger charge is -2.02. The average Bonchev–Trinajstić information content (AvgIpc) is 2.71. The number of benzene rings is 1. The summed E-state index contributed by atoms with van der Waals surface area (Å²) in [6, 6.07) is 5.60. The van der Waals surface area contributed by atoms with Crippen molar-refractivity contribution in [3.63, 3.8) is 0 Å². The number of aliphatic carboxylic acids is 1. The van der Waals surface area contributed by atoms with Crippen LogP contribution < -0.4 is 0 Å². The number of hydrogen-bond acceptors (Lipinski definition) is 3. The first-order chi connectivity index (χ1) is 7.58. The summed E-state index contributed by atoms with van der Waals surface area (Å²) in [5.74, 6) is -0.991. The van der Waals surface area contributed by atoms with Crippen LogP contribution in [0, 0.1) is 0 Å². The molecule has 1 unspecified atom stereocenters. The van der Waals surface area contributed by atoms with Crippen LogP contribution in [0.1, 0.15) is 12.0 Å². The number of oxime groups is 1. The summed E-state index contributed by atoms with van der Waals surface area (Å²) in [6.07, 6.45) is -0.568. The number of rotatable bonds is 2. The van der Waals surface area contributed by atoms with E-state index in [-0.39, 0.29) is 0 Å². The molecule has 6 heteroatoms. The van der Waals surface area contributed by atoms with Crippen LogP contribution in [-0.4, -0.2) is 22.9 Å². The van der Waals surface area contributed by atoms with Crippen molar-refractivity contribution in [2.45, 2.75) is 12.5 Å². The van der Waals surface area contributed by atoms with Gasteiger partial charge >= 0.3 is 5.97 Å². The first kappa shape index (κ1) is 11.6. The smallest absolute Gasteiger partial charge is 0.348 e. The number of nitrogens with zero attached hydrogens (tertiary/aromatic N) is 1. The third-order valence-electron chi connectivity index (χ3n) is 2.20. The van der Waals surface area contributed by atoms with Crippen LogP contribution in [0.25, 0.3) is 0 Å². The van der Waals surface area contributed by atoms with Crippen molar-refractivity contribution >= 4 is 43.5 Å². The fourth-order valence-corrected chi connectivity index (χ4v) is 1.98. The van der Waals surface area contributed by atoms with Gasteiger partial charge in [-0.3, -0.25) is 0 Å². The molecule has 2 rings (SSSR count). The maximum atomic E-state index is 10.7. The zero-order valence-electron chi connectivity index (χ0n) is 7.98. The van der Waals surface area contributed by atoms with Gasteiger partial charge in [0.25, 0.3) is 0 Å². The van der Waals surface area contributed by atoms with Gasteiger partial charge in [-0.25, -0.2) is 4.79 Å². The fraction of sp³-hybridized carbons (Fsp3) is 0.200. The highest BCUT2D eigenvalue weighted by molar-refractivity contribution is 9.13. The standard InChI is InChI=1S/C10H7Br2NO3/c11-6-2-1-5(3-7(6)12)8-4-9(10(14)15)16-13-8/h1-3,9H,4H2,(H,14,15). The van der Waals surface area contributed by atoms with E-state index >= 15 is 0 Å². The molecule has 84 valence electrons. The van der Waals surface area contributed by atoms with E-state index in [0.29, 0.717) is 12.1 Å². The van der Waals surface area contributed by atoms with E-state index in [1.54, 1.807) is 0 Å².